The van der Waals surface area contributed by atoms with Gasteiger partial charge in [0.25, 0.3) is 0 Å². The summed E-state index contributed by atoms with van der Waals surface area (Å²) >= 11 is 0. The van der Waals surface area contributed by atoms with E-state index < -0.39 is 0 Å². The molecule has 3 heteroatoms. The highest BCUT2D eigenvalue weighted by Crippen LogP contribution is 2.29. The third-order valence-electron chi connectivity index (χ3n) is 4.20. The van der Waals surface area contributed by atoms with Crippen LogP contribution in [0.15, 0.2) is 36.4 Å². The van der Waals surface area contributed by atoms with Crippen LogP contribution < -0.4 is 10.1 Å². The molecule has 0 saturated heterocycles. The van der Waals surface area contributed by atoms with Gasteiger partial charge in [-0.2, -0.15) is 0 Å². The van der Waals surface area contributed by atoms with Crippen molar-refractivity contribution in [3.8, 4) is 5.75 Å². The Morgan fingerprint density at radius 3 is 2.50 bits per heavy atom. The van der Waals surface area contributed by atoms with Crippen molar-refractivity contribution in [2.24, 2.45) is 0 Å². The van der Waals surface area contributed by atoms with Gasteiger partial charge in [-0.1, -0.05) is 30.3 Å². The fourth-order valence-corrected chi connectivity index (χ4v) is 2.85. The molecule has 106 valence electrons. The maximum absolute atomic E-state index is 5.43. The number of ether oxygens (including phenoxy) is 2. The quantitative estimate of drug-likeness (QED) is 0.906. The molecule has 0 unspecified atom stereocenters. The second-order valence-corrected chi connectivity index (χ2v) is 5.38. The van der Waals surface area contributed by atoms with E-state index >= 15 is 0 Å². The van der Waals surface area contributed by atoms with Gasteiger partial charge < -0.3 is 14.8 Å². The zero-order chi connectivity index (χ0) is 13.9. The van der Waals surface area contributed by atoms with Crippen molar-refractivity contribution in [1.82, 2.24) is 5.32 Å². The van der Waals surface area contributed by atoms with Crippen LogP contribution in [0.25, 0.3) is 10.8 Å². The topological polar surface area (TPSA) is 30.5 Å². The van der Waals surface area contributed by atoms with Gasteiger partial charge in [-0.25, -0.2) is 0 Å². The normalized spacial score (nSPS) is 21.7. The Morgan fingerprint density at radius 1 is 1.05 bits per heavy atom. The van der Waals surface area contributed by atoms with Crippen LogP contribution in [0.2, 0.25) is 0 Å². The lowest BCUT2D eigenvalue weighted by atomic mass is 9.89. The Kier molecular flexibility index (Phi) is 3.90. The molecular formula is C17H21NO2. The van der Waals surface area contributed by atoms with Crippen LogP contribution in [0, 0.1) is 0 Å². The number of benzene rings is 2. The van der Waals surface area contributed by atoms with Crippen LogP contribution in [0.1, 0.15) is 18.4 Å². The van der Waals surface area contributed by atoms with Crippen molar-refractivity contribution in [2.75, 3.05) is 14.2 Å². The molecule has 1 N–H and O–H groups in total. The number of hydrogen-bond acceptors (Lipinski definition) is 3. The lowest BCUT2D eigenvalue weighted by Crippen LogP contribution is -2.44. The first kappa shape index (κ1) is 13.4. The van der Waals surface area contributed by atoms with E-state index in [2.05, 4.69) is 41.7 Å². The van der Waals surface area contributed by atoms with Crippen molar-refractivity contribution < 1.29 is 9.47 Å². The lowest BCUT2D eigenvalue weighted by molar-refractivity contribution is 0.0170. The van der Waals surface area contributed by atoms with Gasteiger partial charge in [-0.15, -0.1) is 0 Å². The first-order valence-electron chi connectivity index (χ1n) is 7.12. The van der Waals surface area contributed by atoms with Gasteiger partial charge in [0, 0.05) is 25.1 Å². The predicted molar refractivity (Wildman–Crippen MR) is 81.2 cm³/mol. The minimum atomic E-state index is 0.445. The molecule has 3 rings (SSSR count). The number of fused-ring (bicyclic) bond motifs is 1. The Bertz CT molecular complexity index is 591. The second kappa shape index (κ2) is 5.81. The van der Waals surface area contributed by atoms with Gasteiger partial charge >= 0.3 is 0 Å². The molecule has 0 amide bonds. The van der Waals surface area contributed by atoms with Crippen molar-refractivity contribution in [1.29, 1.82) is 0 Å². The summed E-state index contributed by atoms with van der Waals surface area (Å²) in [6.07, 6.45) is 2.68. The van der Waals surface area contributed by atoms with Crippen LogP contribution in [-0.4, -0.2) is 26.4 Å². The van der Waals surface area contributed by atoms with Gasteiger partial charge in [0.05, 0.1) is 13.2 Å². The van der Waals surface area contributed by atoms with E-state index in [0.717, 1.165) is 25.1 Å². The number of methoxy groups -OCH3 is 2. The molecule has 0 aromatic heterocycles. The molecule has 1 saturated carbocycles. The van der Waals surface area contributed by atoms with Crippen LogP contribution in [0.5, 0.6) is 5.75 Å². The number of hydrogen-bond donors (Lipinski definition) is 1. The summed E-state index contributed by atoms with van der Waals surface area (Å²) < 4.78 is 10.7. The summed E-state index contributed by atoms with van der Waals surface area (Å²) in [5, 5.41) is 6.05. The molecule has 0 spiro atoms. The zero-order valence-electron chi connectivity index (χ0n) is 12.1. The van der Waals surface area contributed by atoms with E-state index in [1.54, 1.807) is 14.2 Å². The molecule has 1 aliphatic carbocycles. The minimum Gasteiger partial charge on any atom is -0.496 e. The molecule has 2 aromatic rings. The Hall–Kier alpha value is -1.58. The van der Waals surface area contributed by atoms with Crippen LogP contribution in [0.3, 0.4) is 0 Å². The van der Waals surface area contributed by atoms with Gasteiger partial charge in [0.2, 0.25) is 0 Å². The minimum absolute atomic E-state index is 0.445. The highest BCUT2D eigenvalue weighted by Gasteiger charge is 2.28. The second-order valence-electron chi connectivity index (χ2n) is 5.38. The third kappa shape index (κ3) is 2.51. The maximum atomic E-state index is 5.43. The van der Waals surface area contributed by atoms with E-state index in [1.807, 2.05) is 0 Å². The zero-order valence-corrected chi connectivity index (χ0v) is 12.1. The van der Waals surface area contributed by atoms with E-state index in [9.17, 15) is 0 Å². The molecule has 1 aliphatic rings. The van der Waals surface area contributed by atoms with Crippen molar-refractivity contribution in [2.45, 2.75) is 31.5 Å². The highest BCUT2D eigenvalue weighted by molar-refractivity contribution is 5.91. The maximum Gasteiger partial charge on any atom is 0.126 e. The van der Waals surface area contributed by atoms with Crippen molar-refractivity contribution in [3.05, 3.63) is 42.0 Å². The Balaban J connectivity index is 1.75. The summed E-state index contributed by atoms with van der Waals surface area (Å²) in [5.41, 5.74) is 1.32. The first-order valence-corrected chi connectivity index (χ1v) is 7.12. The molecular weight excluding hydrogens is 250 g/mol. The van der Waals surface area contributed by atoms with E-state index in [1.165, 1.54) is 16.3 Å². The van der Waals surface area contributed by atoms with E-state index in [4.69, 9.17) is 9.47 Å². The summed E-state index contributed by atoms with van der Waals surface area (Å²) in [6.45, 7) is 0.894. The van der Waals surface area contributed by atoms with Crippen molar-refractivity contribution in [3.63, 3.8) is 0 Å². The molecule has 0 atom stereocenters. The predicted octanol–water partition coefficient (Wildman–Crippen LogP) is 3.12. The molecule has 3 nitrogen and oxygen atoms in total. The largest absolute Gasteiger partial charge is 0.496 e. The van der Waals surface area contributed by atoms with Crippen molar-refractivity contribution >= 4 is 10.8 Å². The molecule has 20 heavy (non-hydrogen) atoms. The third-order valence-corrected chi connectivity index (χ3v) is 4.20. The van der Waals surface area contributed by atoms with Crippen LogP contribution in [-0.2, 0) is 11.3 Å². The molecule has 1 fully saturated rings. The fraction of sp³-hybridized carbons (Fsp3) is 0.412. The van der Waals surface area contributed by atoms with Gasteiger partial charge in [-0.3, -0.25) is 0 Å². The highest BCUT2D eigenvalue weighted by atomic mass is 16.5. The average molecular weight is 271 g/mol. The molecule has 0 heterocycles. The summed E-state index contributed by atoms with van der Waals surface area (Å²) in [4.78, 5) is 0. The standard InChI is InChI=1S/C17H21NO2/c1-19-14-9-13(10-14)18-11-12-7-8-17(20-2)16-6-4-3-5-15(12)16/h3-8,13-14,18H,9-11H2,1-2H3. The van der Waals surface area contributed by atoms with E-state index in [0.29, 0.717) is 12.1 Å². The van der Waals surface area contributed by atoms with E-state index in [-0.39, 0.29) is 0 Å². The molecule has 0 aliphatic heterocycles. The molecule has 0 radical (unpaired) electrons. The van der Waals surface area contributed by atoms with Crippen LogP contribution in [0.4, 0.5) is 0 Å². The van der Waals surface area contributed by atoms with Crippen LogP contribution >= 0.6 is 0 Å². The number of rotatable bonds is 5. The fourth-order valence-electron chi connectivity index (χ4n) is 2.85. The van der Waals surface area contributed by atoms with Gasteiger partial charge in [0.1, 0.15) is 5.75 Å². The first-order chi connectivity index (χ1) is 9.81. The van der Waals surface area contributed by atoms with Gasteiger partial charge in [0.15, 0.2) is 0 Å². The Labute approximate surface area is 119 Å². The summed E-state index contributed by atoms with van der Waals surface area (Å²) in [6, 6.07) is 13.2. The summed E-state index contributed by atoms with van der Waals surface area (Å²) in [5.74, 6) is 0.937. The summed E-state index contributed by atoms with van der Waals surface area (Å²) in [7, 11) is 3.51. The van der Waals surface area contributed by atoms with Gasteiger partial charge in [-0.05, 0) is 29.9 Å². The molecule has 0 bridgehead atoms. The Morgan fingerprint density at radius 2 is 1.80 bits per heavy atom. The average Bonchev–Trinajstić information content (AvgIpc) is 2.46. The lowest BCUT2D eigenvalue weighted by Gasteiger charge is -2.35. The molecule has 2 aromatic carbocycles. The smallest absolute Gasteiger partial charge is 0.126 e. The monoisotopic (exact) mass is 271 g/mol. The SMILES string of the molecule is COc1ccc(CNC2CC(OC)C2)c2ccccc12. The number of nitrogens with one attached hydrogen (secondary N) is 1.